The van der Waals surface area contributed by atoms with Crippen LogP contribution in [0.4, 0.5) is 0 Å². The summed E-state index contributed by atoms with van der Waals surface area (Å²) in [6.07, 6.45) is 5.38. The molecule has 3 nitrogen and oxygen atoms in total. The summed E-state index contributed by atoms with van der Waals surface area (Å²) >= 11 is 0. The Morgan fingerprint density at radius 1 is 1.29 bits per heavy atom. The molecule has 0 unspecified atom stereocenters. The maximum Gasteiger partial charge on any atom is 0.152 e. The maximum atomic E-state index is 11.1. The van der Waals surface area contributed by atoms with E-state index in [0.29, 0.717) is 12.2 Å². The van der Waals surface area contributed by atoms with Crippen LogP contribution in [0.25, 0.3) is 0 Å². The average molecular weight is 220 g/mol. The molecule has 1 aliphatic heterocycles. The van der Waals surface area contributed by atoms with E-state index in [9.17, 15) is 8.42 Å². The van der Waals surface area contributed by atoms with Gasteiger partial charge in [0.15, 0.2) is 9.84 Å². The van der Waals surface area contributed by atoms with Crippen LogP contribution in [0.5, 0.6) is 0 Å². The lowest BCUT2D eigenvalue weighted by molar-refractivity contribution is 0.0680. The lowest BCUT2D eigenvalue weighted by Crippen LogP contribution is -2.15. The second-order valence-electron chi connectivity index (χ2n) is 3.96. The standard InChI is InChI=1S/C10H20O3S/c1-2-3-4-5-7-13-10-6-8-14(11,12)9-10/h10H,2-9H2,1H3/t10-/m0/s1. The molecular formula is C10H20O3S. The minimum Gasteiger partial charge on any atom is -0.377 e. The molecule has 0 amide bonds. The number of ether oxygens (including phenoxy) is 1. The summed E-state index contributed by atoms with van der Waals surface area (Å²) in [6, 6.07) is 0. The molecule has 14 heavy (non-hydrogen) atoms. The highest BCUT2D eigenvalue weighted by Crippen LogP contribution is 2.15. The Kier molecular flexibility index (Phi) is 4.89. The molecule has 1 aliphatic rings. The molecule has 0 aliphatic carbocycles. The molecule has 0 N–H and O–H groups in total. The largest absolute Gasteiger partial charge is 0.377 e. The van der Waals surface area contributed by atoms with Crippen LogP contribution in [0.3, 0.4) is 0 Å². The van der Waals surface area contributed by atoms with Crippen molar-refractivity contribution in [1.29, 1.82) is 0 Å². The highest BCUT2D eigenvalue weighted by Gasteiger charge is 2.28. The van der Waals surface area contributed by atoms with Gasteiger partial charge in [0.1, 0.15) is 0 Å². The van der Waals surface area contributed by atoms with Crippen LogP contribution in [0, 0.1) is 0 Å². The third kappa shape index (κ3) is 4.42. The van der Waals surface area contributed by atoms with Gasteiger partial charge in [-0.3, -0.25) is 0 Å². The third-order valence-electron chi connectivity index (χ3n) is 2.54. The van der Waals surface area contributed by atoms with E-state index in [2.05, 4.69) is 6.92 Å². The molecule has 1 heterocycles. The van der Waals surface area contributed by atoms with Crippen molar-refractivity contribution in [2.75, 3.05) is 18.1 Å². The van der Waals surface area contributed by atoms with Crippen molar-refractivity contribution in [2.24, 2.45) is 0 Å². The van der Waals surface area contributed by atoms with Gasteiger partial charge in [0, 0.05) is 6.61 Å². The summed E-state index contributed by atoms with van der Waals surface area (Å²) in [5.41, 5.74) is 0. The van der Waals surface area contributed by atoms with Crippen molar-refractivity contribution < 1.29 is 13.2 Å². The summed E-state index contributed by atoms with van der Waals surface area (Å²) in [7, 11) is -2.77. The van der Waals surface area contributed by atoms with Crippen LogP contribution in [0.1, 0.15) is 39.0 Å². The van der Waals surface area contributed by atoms with Crippen LogP contribution in [0.15, 0.2) is 0 Å². The van der Waals surface area contributed by atoms with E-state index in [-0.39, 0.29) is 11.9 Å². The average Bonchev–Trinajstić information content (AvgIpc) is 2.45. The molecule has 0 saturated carbocycles. The van der Waals surface area contributed by atoms with Crippen molar-refractivity contribution in [3.63, 3.8) is 0 Å². The van der Waals surface area contributed by atoms with Crippen LogP contribution in [0.2, 0.25) is 0 Å². The number of unbranched alkanes of at least 4 members (excludes halogenated alkanes) is 3. The molecule has 0 radical (unpaired) electrons. The zero-order valence-corrected chi connectivity index (χ0v) is 9.68. The predicted octanol–water partition coefficient (Wildman–Crippen LogP) is 1.77. The van der Waals surface area contributed by atoms with E-state index in [4.69, 9.17) is 4.74 Å². The summed E-state index contributed by atoms with van der Waals surface area (Å²) < 4.78 is 27.7. The van der Waals surface area contributed by atoms with Gasteiger partial charge in [-0.05, 0) is 12.8 Å². The second-order valence-corrected chi connectivity index (χ2v) is 6.19. The van der Waals surface area contributed by atoms with E-state index >= 15 is 0 Å². The Balaban J connectivity index is 2.03. The van der Waals surface area contributed by atoms with Gasteiger partial charge in [-0.1, -0.05) is 26.2 Å². The molecule has 1 fully saturated rings. The lowest BCUT2D eigenvalue weighted by Gasteiger charge is -2.08. The first-order chi connectivity index (χ1) is 6.64. The van der Waals surface area contributed by atoms with Crippen molar-refractivity contribution in [3.8, 4) is 0 Å². The molecule has 4 heteroatoms. The molecule has 0 aromatic carbocycles. The molecule has 1 atom stereocenters. The van der Waals surface area contributed by atoms with Crippen molar-refractivity contribution in [2.45, 2.75) is 45.1 Å². The fourth-order valence-electron chi connectivity index (χ4n) is 1.67. The molecular weight excluding hydrogens is 200 g/mol. The molecule has 0 aromatic heterocycles. The fourth-order valence-corrected chi connectivity index (χ4v) is 3.29. The first-order valence-electron chi connectivity index (χ1n) is 5.46. The van der Waals surface area contributed by atoms with Gasteiger partial charge < -0.3 is 4.74 Å². The molecule has 84 valence electrons. The van der Waals surface area contributed by atoms with Crippen molar-refractivity contribution >= 4 is 9.84 Å². The van der Waals surface area contributed by atoms with E-state index < -0.39 is 9.84 Å². The van der Waals surface area contributed by atoms with Crippen LogP contribution < -0.4 is 0 Å². The maximum absolute atomic E-state index is 11.1. The number of sulfone groups is 1. The predicted molar refractivity (Wildman–Crippen MR) is 57.2 cm³/mol. The smallest absolute Gasteiger partial charge is 0.152 e. The molecule has 0 bridgehead atoms. The zero-order chi connectivity index (χ0) is 10.4. The Labute approximate surface area is 86.8 Å². The van der Waals surface area contributed by atoms with Gasteiger partial charge in [-0.25, -0.2) is 8.42 Å². The molecule has 1 saturated heterocycles. The van der Waals surface area contributed by atoms with Crippen molar-refractivity contribution in [1.82, 2.24) is 0 Å². The molecule has 0 spiro atoms. The van der Waals surface area contributed by atoms with Gasteiger partial charge >= 0.3 is 0 Å². The highest BCUT2D eigenvalue weighted by atomic mass is 32.2. The van der Waals surface area contributed by atoms with Gasteiger partial charge in [0.25, 0.3) is 0 Å². The van der Waals surface area contributed by atoms with Gasteiger partial charge in [-0.15, -0.1) is 0 Å². The third-order valence-corrected chi connectivity index (χ3v) is 4.28. The first-order valence-corrected chi connectivity index (χ1v) is 7.28. The van der Waals surface area contributed by atoms with E-state index in [1.165, 1.54) is 19.3 Å². The Morgan fingerprint density at radius 3 is 2.64 bits per heavy atom. The Morgan fingerprint density at radius 2 is 2.07 bits per heavy atom. The summed E-state index contributed by atoms with van der Waals surface area (Å²) in [5.74, 6) is 0.549. The minimum absolute atomic E-state index is 0.0263. The quantitative estimate of drug-likeness (QED) is 0.641. The monoisotopic (exact) mass is 220 g/mol. The topological polar surface area (TPSA) is 43.4 Å². The van der Waals surface area contributed by atoms with Gasteiger partial charge in [-0.2, -0.15) is 0 Å². The van der Waals surface area contributed by atoms with E-state index in [1.807, 2.05) is 0 Å². The van der Waals surface area contributed by atoms with Gasteiger partial charge in [0.2, 0.25) is 0 Å². The zero-order valence-electron chi connectivity index (χ0n) is 8.87. The highest BCUT2D eigenvalue weighted by molar-refractivity contribution is 7.91. The minimum atomic E-state index is -2.77. The summed E-state index contributed by atoms with van der Waals surface area (Å²) in [5, 5.41) is 0. The van der Waals surface area contributed by atoms with Gasteiger partial charge in [0.05, 0.1) is 17.6 Å². The number of hydrogen-bond donors (Lipinski definition) is 0. The Bertz CT molecular complexity index is 246. The number of rotatable bonds is 6. The number of hydrogen-bond acceptors (Lipinski definition) is 3. The van der Waals surface area contributed by atoms with Crippen LogP contribution in [-0.2, 0) is 14.6 Å². The second kappa shape index (κ2) is 5.71. The molecule has 1 rings (SSSR count). The normalized spacial score (nSPS) is 25.4. The summed E-state index contributed by atoms with van der Waals surface area (Å²) in [4.78, 5) is 0. The van der Waals surface area contributed by atoms with Crippen molar-refractivity contribution in [3.05, 3.63) is 0 Å². The van der Waals surface area contributed by atoms with E-state index in [0.717, 1.165) is 13.0 Å². The van der Waals surface area contributed by atoms with E-state index in [1.54, 1.807) is 0 Å². The SMILES string of the molecule is CCCCCCO[C@H]1CCS(=O)(=O)C1. The lowest BCUT2D eigenvalue weighted by atomic mass is 10.2. The first kappa shape index (κ1) is 12.0. The summed E-state index contributed by atoms with van der Waals surface area (Å²) in [6.45, 7) is 2.89. The van der Waals surface area contributed by atoms with Crippen LogP contribution >= 0.6 is 0 Å². The fraction of sp³-hybridized carbons (Fsp3) is 1.00. The molecule has 0 aromatic rings. The van der Waals surface area contributed by atoms with Crippen LogP contribution in [-0.4, -0.2) is 32.6 Å². The Hall–Kier alpha value is -0.0900.